The maximum absolute atomic E-state index is 12.5. The first-order chi connectivity index (χ1) is 10.6. The molecule has 0 bridgehead atoms. The van der Waals surface area contributed by atoms with E-state index in [1.807, 2.05) is 35.4 Å². The highest BCUT2D eigenvalue weighted by molar-refractivity contribution is 7.12. The van der Waals surface area contributed by atoms with Crippen LogP contribution in [0.25, 0.3) is 0 Å². The summed E-state index contributed by atoms with van der Waals surface area (Å²) in [6.45, 7) is 6.34. The molecule has 0 radical (unpaired) electrons. The van der Waals surface area contributed by atoms with Crippen molar-refractivity contribution in [1.82, 2.24) is 9.80 Å². The number of carbonyl (C=O) groups excluding carboxylic acids is 1. The molecule has 1 fully saturated rings. The van der Waals surface area contributed by atoms with Crippen LogP contribution in [0.4, 0.5) is 0 Å². The van der Waals surface area contributed by atoms with Gasteiger partial charge in [0.25, 0.3) is 5.91 Å². The van der Waals surface area contributed by atoms with E-state index < -0.39 is 0 Å². The Hall–Kier alpha value is -1.36. The second kappa shape index (κ2) is 6.82. The summed E-state index contributed by atoms with van der Waals surface area (Å²) >= 11 is 7.45. The molecule has 3 nitrogen and oxygen atoms in total. The van der Waals surface area contributed by atoms with Crippen LogP contribution >= 0.6 is 22.9 Å². The average molecular weight is 335 g/mol. The lowest BCUT2D eigenvalue weighted by Gasteiger charge is -2.34. The van der Waals surface area contributed by atoms with E-state index in [2.05, 4.69) is 17.0 Å². The smallest absolute Gasteiger partial charge is 0.264 e. The normalized spacial score (nSPS) is 16.0. The van der Waals surface area contributed by atoms with E-state index in [9.17, 15) is 4.79 Å². The molecule has 22 heavy (non-hydrogen) atoms. The molecule has 0 unspecified atom stereocenters. The van der Waals surface area contributed by atoms with Crippen LogP contribution in [0.3, 0.4) is 0 Å². The number of hydrogen-bond acceptors (Lipinski definition) is 3. The zero-order valence-electron chi connectivity index (χ0n) is 12.6. The predicted octanol–water partition coefficient (Wildman–Crippen LogP) is 3.67. The van der Waals surface area contributed by atoms with Crippen molar-refractivity contribution in [1.29, 1.82) is 0 Å². The fraction of sp³-hybridized carbons (Fsp3) is 0.353. The molecule has 0 spiro atoms. The molecule has 2 heterocycles. The Morgan fingerprint density at radius 2 is 1.82 bits per heavy atom. The Balaban J connectivity index is 1.55. The van der Waals surface area contributed by atoms with Gasteiger partial charge in [-0.15, -0.1) is 11.3 Å². The van der Waals surface area contributed by atoms with Gasteiger partial charge in [-0.05, 0) is 41.6 Å². The summed E-state index contributed by atoms with van der Waals surface area (Å²) in [5, 5.41) is 2.75. The molecule has 1 aliphatic heterocycles. The summed E-state index contributed by atoms with van der Waals surface area (Å²) in [7, 11) is 0. The maximum atomic E-state index is 12.5. The van der Waals surface area contributed by atoms with Gasteiger partial charge in [-0.25, -0.2) is 0 Å². The lowest BCUT2D eigenvalue weighted by atomic mass is 10.2. The van der Waals surface area contributed by atoms with Gasteiger partial charge in [-0.3, -0.25) is 9.69 Å². The second-order valence-corrected chi connectivity index (χ2v) is 6.98. The minimum absolute atomic E-state index is 0.179. The monoisotopic (exact) mass is 334 g/mol. The molecule has 0 N–H and O–H groups in total. The van der Waals surface area contributed by atoms with Crippen LogP contribution in [-0.4, -0.2) is 41.9 Å². The van der Waals surface area contributed by atoms with E-state index in [1.165, 1.54) is 16.9 Å². The van der Waals surface area contributed by atoms with E-state index >= 15 is 0 Å². The summed E-state index contributed by atoms with van der Waals surface area (Å²) in [4.78, 5) is 17.7. The van der Waals surface area contributed by atoms with E-state index in [-0.39, 0.29) is 5.91 Å². The number of rotatable bonds is 3. The SMILES string of the molecule is Cc1ccsc1C(=O)N1CCN(Cc2ccc(Cl)cc2)CC1. The Morgan fingerprint density at radius 1 is 1.14 bits per heavy atom. The average Bonchev–Trinajstić information content (AvgIpc) is 2.96. The van der Waals surface area contributed by atoms with Gasteiger partial charge in [0.05, 0.1) is 4.88 Å². The van der Waals surface area contributed by atoms with Crippen molar-refractivity contribution in [2.45, 2.75) is 13.5 Å². The molecule has 2 aromatic rings. The van der Waals surface area contributed by atoms with E-state index in [1.54, 1.807) is 0 Å². The zero-order valence-corrected chi connectivity index (χ0v) is 14.2. The van der Waals surface area contributed by atoms with Gasteiger partial charge >= 0.3 is 0 Å². The van der Waals surface area contributed by atoms with Gasteiger partial charge in [0.2, 0.25) is 0 Å². The van der Waals surface area contributed by atoms with Crippen LogP contribution in [-0.2, 0) is 6.54 Å². The number of nitrogens with zero attached hydrogens (tertiary/aromatic N) is 2. The Bertz CT molecular complexity index is 645. The predicted molar refractivity (Wildman–Crippen MR) is 91.7 cm³/mol. The van der Waals surface area contributed by atoms with Gasteiger partial charge in [-0.1, -0.05) is 23.7 Å². The number of aryl methyl sites for hydroxylation is 1. The maximum Gasteiger partial charge on any atom is 0.264 e. The highest BCUT2D eigenvalue weighted by atomic mass is 35.5. The highest BCUT2D eigenvalue weighted by Gasteiger charge is 2.23. The van der Waals surface area contributed by atoms with Crippen molar-refractivity contribution >= 4 is 28.8 Å². The van der Waals surface area contributed by atoms with Crippen molar-refractivity contribution < 1.29 is 4.79 Å². The fourth-order valence-electron chi connectivity index (χ4n) is 2.69. The van der Waals surface area contributed by atoms with Crippen LogP contribution in [0.2, 0.25) is 5.02 Å². The minimum Gasteiger partial charge on any atom is -0.335 e. The molecule has 0 atom stereocenters. The first kappa shape index (κ1) is 15.5. The third-order valence-corrected chi connectivity index (χ3v) is 5.29. The lowest BCUT2D eigenvalue weighted by Crippen LogP contribution is -2.48. The molecule has 0 aliphatic carbocycles. The molecule has 3 rings (SSSR count). The summed E-state index contributed by atoms with van der Waals surface area (Å²) in [6.07, 6.45) is 0. The molecule has 1 amide bonds. The van der Waals surface area contributed by atoms with Crippen LogP contribution in [0.5, 0.6) is 0 Å². The standard InChI is InChI=1S/C17H19ClN2OS/c1-13-6-11-22-16(13)17(21)20-9-7-19(8-10-20)12-14-2-4-15(18)5-3-14/h2-6,11H,7-10,12H2,1H3. The van der Waals surface area contributed by atoms with Gasteiger partial charge in [-0.2, -0.15) is 0 Å². The molecule has 1 aliphatic rings. The number of thiophene rings is 1. The van der Waals surface area contributed by atoms with Crippen molar-refractivity contribution in [3.05, 3.63) is 56.7 Å². The second-order valence-electron chi connectivity index (χ2n) is 5.63. The third-order valence-electron chi connectivity index (χ3n) is 4.04. The quantitative estimate of drug-likeness (QED) is 0.855. The number of carbonyl (C=O) groups is 1. The van der Waals surface area contributed by atoms with E-state index in [0.29, 0.717) is 0 Å². The fourth-order valence-corrected chi connectivity index (χ4v) is 3.71. The summed E-state index contributed by atoms with van der Waals surface area (Å²) in [6, 6.07) is 9.99. The van der Waals surface area contributed by atoms with Crippen molar-refractivity contribution in [3.8, 4) is 0 Å². The van der Waals surface area contributed by atoms with Crippen LogP contribution in [0.15, 0.2) is 35.7 Å². The highest BCUT2D eigenvalue weighted by Crippen LogP contribution is 2.19. The molecule has 1 aromatic heterocycles. The van der Waals surface area contributed by atoms with Crippen molar-refractivity contribution in [2.24, 2.45) is 0 Å². The van der Waals surface area contributed by atoms with Gasteiger partial charge in [0.15, 0.2) is 0 Å². The van der Waals surface area contributed by atoms with Crippen LogP contribution in [0.1, 0.15) is 20.8 Å². The lowest BCUT2D eigenvalue weighted by molar-refractivity contribution is 0.0632. The van der Waals surface area contributed by atoms with Crippen LogP contribution < -0.4 is 0 Å². The summed E-state index contributed by atoms with van der Waals surface area (Å²) in [5.41, 5.74) is 2.34. The van der Waals surface area contributed by atoms with Crippen molar-refractivity contribution in [2.75, 3.05) is 26.2 Å². The number of piperazine rings is 1. The third kappa shape index (κ3) is 3.51. The summed E-state index contributed by atoms with van der Waals surface area (Å²) < 4.78 is 0. The molecule has 1 saturated heterocycles. The Labute approximate surface area is 140 Å². The zero-order chi connectivity index (χ0) is 15.5. The van der Waals surface area contributed by atoms with Gasteiger partial charge in [0.1, 0.15) is 0 Å². The first-order valence-electron chi connectivity index (χ1n) is 7.43. The molecule has 5 heteroatoms. The minimum atomic E-state index is 0.179. The molecular weight excluding hydrogens is 316 g/mol. The number of hydrogen-bond donors (Lipinski definition) is 0. The summed E-state index contributed by atoms with van der Waals surface area (Å²) in [5.74, 6) is 0.179. The van der Waals surface area contributed by atoms with Crippen LogP contribution in [0, 0.1) is 6.92 Å². The van der Waals surface area contributed by atoms with Gasteiger partial charge < -0.3 is 4.90 Å². The molecule has 0 saturated carbocycles. The van der Waals surface area contributed by atoms with Gasteiger partial charge in [0, 0.05) is 37.7 Å². The van der Waals surface area contributed by atoms with E-state index in [0.717, 1.165) is 48.2 Å². The molecule has 116 valence electrons. The van der Waals surface area contributed by atoms with E-state index in [4.69, 9.17) is 11.6 Å². The molecular formula is C17H19ClN2OS. The van der Waals surface area contributed by atoms with Crippen molar-refractivity contribution in [3.63, 3.8) is 0 Å². The number of amides is 1. The first-order valence-corrected chi connectivity index (χ1v) is 8.69. The topological polar surface area (TPSA) is 23.6 Å². The largest absolute Gasteiger partial charge is 0.335 e. The Kier molecular flexibility index (Phi) is 4.81. The Morgan fingerprint density at radius 3 is 2.41 bits per heavy atom. The molecule has 1 aromatic carbocycles. The number of halogens is 1. The number of benzene rings is 1.